The van der Waals surface area contributed by atoms with Crippen LogP contribution in [0.15, 0.2) is 60.7 Å². The van der Waals surface area contributed by atoms with Crippen molar-refractivity contribution in [3.8, 4) is 22.6 Å². The molecule has 0 spiro atoms. The molecule has 0 amide bonds. The third-order valence-corrected chi connectivity index (χ3v) is 3.18. The van der Waals surface area contributed by atoms with Crippen molar-refractivity contribution >= 4 is 16.8 Å². The zero-order valence-electron chi connectivity index (χ0n) is 10.5. The molecule has 0 radical (unpaired) electrons. The van der Waals surface area contributed by atoms with Crippen molar-refractivity contribution in [2.45, 2.75) is 0 Å². The first-order valence-corrected chi connectivity index (χ1v) is 6.54. The van der Waals surface area contributed by atoms with Gasteiger partial charge in [-0.2, -0.15) is 0 Å². The van der Waals surface area contributed by atoms with Crippen LogP contribution in [0, 0.1) is 0 Å². The topological polar surface area (TPSA) is 45.8 Å². The second-order valence-corrected chi connectivity index (χ2v) is 4.66. The molecule has 3 aromatic rings. The van der Waals surface area contributed by atoms with E-state index in [1.54, 1.807) is 0 Å². The highest BCUT2D eigenvalue weighted by Crippen LogP contribution is 2.26. The monoisotopic (exact) mass is 282 g/mol. The minimum absolute atomic E-state index is 0.316. The van der Waals surface area contributed by atoms with Crippen LogP contribution in [0.3, 0.4) is 0 Å². The third-order valence-electron chi connectivity index (χ3n) is 2.99. The number of nitrogens with zero attached hydrogens (tertiary/aromatic N) is 1. The smallest absolute Gasteiger partial charge is 0.270 e. The summed E-state index contributed by atoms with van der Waals surface area (Å²) in [6.07, 6.45) is 0. The molecule has 1 heterocycles. The second-order valence-electron chi connectivity index (χ2n) is 4.31. The van der Waals surface area contributed by atoms with Crippen molar-refractivity contribution < 1.29 is 4.79 Å². The fraction of sp³-hybridized carbons (Fsp3) is 0. The van der Waals surface area contributed by atoms with Crippen molar-refractivity contribution in [1.82, 2.24) is 9.97 Å². The molecule has 0 aliphatic heterocycles. The Morgan fingerprint density at radius 1 is 0.900 bits per heavy atom. The SMILES string of the molecule is O=C(Cl)c1[nH]c(-c2ccccc2)nc1-c1ccccc1. The van der Waals surface area contributed by atoms with Crippen LogP contribution in [0.25, 0.3) is 22.6 Å². The molecular formula is C16H11ClN2O. The van der Waals surface area contributed by atoms with Crippen molar-refractivity contribution in [2.75, 3.05) is 0 Å². The molecule has 1 N–H and O–H groups in total. The van der Waals surface area contributed by atoms with Gasteiger partial charge in [0.2, 0.25) is 0 Å². The molecule has 0 aliphatic rings. The van der Waals surface area contributed by atoms with Gasteiger partial charge in [-0.3, -0.25) is 4.79 Å². The summed E-state index contributed by atoms with van der Waals surface area (Å²) in [5.74, 6) is 0.633. The maximum atomic E-state index is 11.6. The van der Waals surface area contributed by atoms with E-state index in [-0.39, 0.29) is 0 Å². The number of H-pyrrole nitrogens is 1. The number of aromatic nitrogens is 2. The number of rotatable bonds is 3. The molecule has 2 aromatic carbocycles. The highest BCUT2D eigenvalue weighted by molar-refractivity contribution is 6.68. The quantitative estimate of drug-likeness (QED) is 0.734. The van der Waals surface area contributed by atoms with Gasteiger partial charge >= 0.3 is 0 Å². The van der Waals surface area contributed by atoms with Crippen LogP contribution in [0.4, 0.5) is 0 Å². The van der Waals surface area contributed by atoms with E-state index in [1.807, 2.05) is 60.7 Å². The Balaban J connectivity index is 2.15. The van der Waals surface area contributed by atoms with E-state index in [0.29, 0.717) is 17.2 Å². The zero-order chi connectivity index (χ0) is 13.9. The normalized spacial score (nSPS) is 10.4. The number of carbonyl (C=O) groups excluding carboxylic acids is 1. The van der Waals surface area contributed by atoms with Gasteiger partial charge in [-0.15, -0.1) is 0 Å². The second kappa shape index (κ2) is 5.31. The van der Waals surface area contributed by atoms with E-state index in [4.69, 9.17) is 11.6 Å². The number of nitrogens with one attached hydrogen (secondary N) is 1. The van der Waals surface area contributed by atoms with E-state index in [9.17, 15) is 4.79 Å². The van der Waals surface area contributed by atoms with E-state index in [0.717, 1.165) is 11.1 Å². The summed E-state index contributed by atoms with van der Waals surface area (Å²) >= 11 is 5.65. The van der Waals surface area contributed by atoms with Gasteiger partial charge < -0.3 is 4.98 Å². The predicted octanol–water partition coefficient (Wildman–Crippen LogP) is 4.12. The molecule has 4 heteroatoms. The molecule has 0 unspecified atom stereocenters. The number of imidazole rings is 1. The van der Waals surface area contributed by atoms with Gasteiger partial charge in [0.05, 0.1) is 0 Å². The van der Waals surface area contributed by atoms with Gasteiger partial charge in [-0.1, -0.05) is 60.7 Å². The molecule has 0 atom stereocenters. The highest BCUT2D eigenvalue weighted by Gasteiger charge is 2.17. The van der Waals surface area contributed by atoms with Crippen LogP contribution in [0.5, 0.6) is 0 Å². The average Bonchev–Trinajstić information content (AvgIpc) is 2.94. The summed E-state index contributed by atoms with van der Waals surface area (Å²) in [5.41, 5.74) is 2.66. The van der Waals surface area contributed by atoms with Crippen LogP contribution >= 0.6 is 11.6 Å². The van der Waals surface area contributed by atoms with Crippen molar-refractivity contribution in [1.29, 1.82) is 0 Å². The van der Waals surface area contributed by atoms with E-state index in [1.165, 1.54) is 0 Å². The first kappa shape index (κ1) is 12.6. The van der Waals surface area contributed by atoms with Gasteiger partial charge in [-0.25, -0.2) is 4.98 Å². The molecular weight excluding hydrogens is 272 g/mol. The maximum absolute atomic E-state index is 11.6. The Bertz CT molecular complexity index is 736. The highest BCUT2D eigenvalue weighted by atomic mass is 35.5. The van der Waals surface area contributed by atoms with E-state index < -0.39 is 5.24 Å². The molecule has 1 aromatic heterocycles. The number of hydrogen-bond donors (Lipinski definition) is 1. The van der Waals surface area contributed by atoms with Crippen LogP contribution in [0.1, 0.15) is 10.5 Å². The number of benzene rings is 2. The van der Waals surface area contributed by atoms with Gasteiger partial charge in [0.25, 0.3) is 5.24 Å². The molecule has 0 fully saturated rings. The number of aromatic amines is 1. The summed E-state index contributed by atoms with van der Waals surface area (Å²) in [5, 5.41) is -0.543. The molecule has 0 bridgehead atoms. The predicted molar refractivity (Wildman–Crippen MR) is 79.6 cm³/mol. The van der Waals surface area contributed by atoms with Crippen molar-refractivity contribution in [3.05, 3.63) is 66.4 Å². The van der Waals surface area contributed by atoms with Gasteiger partial charge in [0, 0.05) is 11.1 Å². The fourth-order valence-electron chi connectivity index (χ4n) is 2.05. The number of carbonyl (C=O) groups is 1. The summed E-state index contributed by atoms with van der Waals surface area (Å²) in [4.78, 5) is 19.1. The van der Waals surface area contributed by atoms with Gasteiger partial charge in [0.1, 0.15) is 17.2 Å². The van der Waals surface area contributed by atoms with Crippen LogP contribution in [-0.2, 0) is 0 Å². The first-order valence-electron chi connectivity index (χ1n) is 6.16. The van der Waals surface area contributed by atoms with Crippen molar-refractivity contribution in [3.63, 3.8) is 0 Å². The molecule has 0 saturated heterocycles. The van der Waals surface area contributed by atoms with Crippen LogP contribution in [0.2, 0.25) is 0 Å². The van der Waals surface area contributed by atoms with E-state index in [2.05, 4.69) is 9.97 Å². The standard InChI is InChI=1S/C16H11ClN2O/c17-15(20)14-13(11-7-3-1-4-8-11)18-16(19-14)12-9-5-2-6-10-12/h1-10H,(H,18,19). The molecule has 0 aliphatic carbocycles. The largest absolute Gasteiger partial charge is 0.334 e. The van der Waals surface area contributed by atoms with E-state index >= 15 is 0 Å². The first-order chi connectivity index (χ1) is 9.75. The van der Waals surface area contributed by atoms with Gasteiger partial charge in [-0.05, 0) is 11.6 Å². The minimum Gasteiger partial charge on any atom is -0.334 e. The maximum Gasteiger partial charge on any atom is 0.270 e. The Hall–Kier alpha value is -2.39. The lowest BCUT2D eigenvalue weighted by Crippen LogP contribution is -1.92. The average molecular weight is 283 g/mol. The van der Waals surface area contributed by atoms with Gasteiger partial charge in [0.15, 0.2) is 0 Å². The van der Waals surface area contributed by atoms with Crippen LogP contribution in [-0.4, -0.2) is 15.2 Å². The van der Waals surface area contributed by atoms with Crippen LogP contribution < -0.4 is 0 Å². The lowest BCUT2D eigenvalue weighted by Gasteiger charge is -1.97. The summed E-state index contributed by atoms with van der Waals surface area (Å²) < 4.78 is 0. The number of hydrogen-bond acceptors (Lipinski definition) is 2. The summed E-state index contributed by atoms with van der Waals surface area (Å²) in [6.45, 7) is 0. The number of halogens is 1. The Morgan fingerprint density at radius 3 is 2.00 bits per heavy atom. The molecule has 0 saturated carbocycles. The lowest BCUT2D eigenvalue weighted by atomic mass is 10.1. The minimum atomic E-state index is -0.543. The van der Waals surface area contributed by atoms with Crippen molar-refractivity contribution in [2.24, 2.45) is 0 Å². The summed E-state index contributed by atoms with van der Waals surface area (Å²) in [6, 6.07) is 19.1. The molecule has 98 valence electrons. The molecule has 3 rings (SSSR count). The Kier molecular flexibility index (Phi) is 3.35. The molecule has 20 heavy (non-hydrogen) atoms. The zero-order valence-corrected chi connectivity index (χ0v) is 11.3. The Labute approximate surface area is 121 Å². The fourth-order valence-corrected chi connectivity index (χ4v) is 2.19. The Morgan fingerprint density at radius 2 is 1.45 bits per heavy atom. The summed E-state index contributed by atoms with van der Waals surface area (Å²) in [7, 11) is 0. The lowest BCUT2D eigenvalue weighted by molar-refractivity contribution is 0.107. The third kappa shape index (κ3) is 2.36. The molecule has 3 nitrogen and oxygen atoms in total.